The zero-order chi connectivity index (χ0) is 22.1. The van der Waals surface area contributed by atoms with Gasteiger partial charge < -0.3 is 25.7 Å². The summed E-state index contributed by atoms with van der Waals surface area (Å²) < 4.78 is 0.620. The molecule has 10 heteroatoms. The van der Waals surface area contributed by atoms with E-state index in [0.29, 0.717) is 29.8 Å². The van der Waals surface area contributed by atoms with Gasteiger partial charge in [0.1, 0.15) is 0 Å². The smallest absolute Gasteiger partial charge is 0.333 e. The van der Waals surface area contributed by atoms with Gasteiger partial charge in [-0.1, -0.05) is 6.42 Å². The number of nitrogens with one attached hydrogen (secondary N) is 2. The lowest BCUT2D eigenvalue weighted by atomic mass is 9.97. The van der Waals surface area contributed by atoms with Gasteiger partial charge in [-0.15, -0.1) is 4.73 Å². The molecule has 0 aliphatic carbocycles. The lowest BCUT2D eigenvalue weighted by molar-refractivity contribution is -0.145. The van der Waals surface area contributed by atoms with E-state index in [1.165, 1.54) is 18.6 Å². The number of likely N-dealkylation sites (tertiary alicyclic amines) is 1. The van der Waals surface area contributed by atoms with Crippen molar-refractivity contribution < 1.29 is 29.4 Å². The highest BCUT2D eigenvalue weighted by molar-refractivity contribution is 5.80. The van der Waals surface area contributed by atoms with Crippen LogP contribution in [0, 0.1) is 0 Å². The zero-order valence-corrected chi connectivity index (χ0v) is 17.6. The Morgan fingerprint density at radius 3 is 2.23 bits per heavy atom. The minimum Gasteiger partial charge on any atom is -0.492 e. The lowest BCUT2D eigenvalue weighted by Gasteiger charge is -2.38. The highest BCUT2D eigenvalue weighted by Gasteiger charge is 2.26. The summed E-state index contributed by atoms with van der Waals surface area (Å²) in [6.45, 7) is 5.15. The van der Waals surface area contributed by atoms with Gasteiger partial charge in [0.15, 0.2) is 0 Å². The Morgan fingerprint density at radius 2 is 1.60 bits per heavy atom. The van der Waals surface area contributed by atoms with Crippen LogP contribution in [-0.4, -0.2) is 69.3 Å². The number of hydrogen-bond donors (Lipinski definition) is 4. The van der Waals surface area contributed by atoms with Gasteiger partial charge in [-0.2, -0.15) is 0 Å². The number of hydrogen-bond acceptors (Lipinski definition) is 7. The van der Waals surface area contributed by atoms with Crippen LogP contribution in [0.5, 0.6) is 11.8 Å². The van der Waals surface area contributed by atoms with E-state index in [0.717, 1.165) is 12.8 Å². The van der Waals surface area contributed by atoms with E-state index >= 15 is 0 Å². The number of piperidine rings is 1. The molecule has 30 heavy (non-hydrogen) atoms. The second kappa shape index (κ2) is 11.4. The highest BCUT2D eigenvalue weighted by Crippen LogP contribution is 2.21. The number of aromatic nitrogens is 1. The first-order chi connectivity index (χ1) is 14.3. The number of carbonyl (C=O) groups is 3. The molecule has 168 valence electrons. The summed E-state index contributed by atoms with van der Waals surface area (Å²) in [5, 5.41) is 24.3. The molecule has 0 saturated carbocycles. The van der Waals surface area contributed by atoms with Crippen LogP contribution in [-0.2, 0) is 14.4 Å². The van der Waals surface area contributed by atoms with Crippen LogP contribution < -0.4 is 15.5 Å². The first kappa shape index (κ1) is 23.5. The molecule has 2 atom stereocenters. The molecular weight excluding hydrogens is 392 g/mol. The van der Waals surface area contributed by atoms with Crippen molar-refractivity contribution in [1.82, 2.24) is 20.3 Å². The van der Waals surface area contributed by atoms with Gasteiger partial charge in [-0.3, -0.25) is 14.5 Å². The number of rotatable bonds is 10. The van der Waals surface area contributed by atoms with Crippen LogP contribution in [0.2, 0.25) is 0 Å². The summed E-state index contributed by atoms with van der Waals surface area (Å²) in [6, 6.07) is 3.16. The molecule has 1 aliphatic rings. The average molecular weight is 424 g/mol. The van der Waals surface area contributed by atoms with Crippen LogP contribution in [0.15, 0.2) is 12.1 Å². The molecule has 0 aromatic carbocycles. The molecule has 10 nitrogen and oxygen atoms in total. The quantitative estimate of drug-likeness (QED) is 0.403. The van der Waals surface area contributed by atoms with Crippen molar-refractivity contribution in [1.29, 1.82) is 0 Å². The molecule has 4 N–H and O–H groups in total. The van der Waals surface area contributed by atoms with E-state index in [4.69, 9.17) is 4.84 Å². The first-order valence-electron chi connectivity index (χ1n) is 10.4. The van der Waals surface area contributed by atoms with Gasteiger partial charge in [0.25, 0.3) is 0 Å². The molecule has 2 unspecified atom stereocenters. The van der Waals surface area contributed by atoms with Gasteiger partial charge >= 0.3 is 5.97 Å². The molecule has 1 aromatic heterocycles. The largest absolute Gasteiger partial charge is 0.492 e. The summed E-state index contributed by atoms with van der Waals surface area (Å²) in [7, 11) is 0. The van der Waals surface area contributed by atoms with Crippen LogP contribution in [0.1, 0.15) is 52.4 Å². The SMILES string of the molecule is CC1CCCC(C)N1CC(=O)NCCC(=O)NCCCC(=O)On1c(O)ccc1O. The average Bonchev–Trinajstić information content (AvgIpc) is 3.00. The van der Waals surface area contributed by atoms with Gasteiger partial charge in [0, 0.05) is 50.1 Å². The normalized spacial score (nSPS) is 19.3. The molecule has 0 radical (unpaired) electrons. The molecule has 2 heterocycles. The number of amides is 2. The van der Waals surface area contributed by atoms with Crippen LogP contribution in [0.3, 0.4) is 0 Å². The predicted octanol–water partition coefficient (Wildman–Crippen LogP) is 0.520. The molecule has 2 amide bonds. The third kappa shape index (κ3) is 7.25. The van der Waals surface area contributed by atoms with Crippen LogP contribution >= 0.6 is 0 Å². The molecule has 0 bridgehead atoms. The topological polar surface area (TPSA) is 133 Å². The molecular formula is C20H32N4O6. The molecule has 0 spiro atoms. The number of aromatic hydroxyl groups is 2. The van der Waals surface area contributed by atoms with E-state index < -0.39 is 5.97 Å². The fourth-order valence-corrected chi connectivity index (χ4v) is 3.52. The Morgan fingerprint density at radius 1 is 1.00 bits per heavy atom. The lowest BCUT2D eigenvalue weighted by Crippen LogP contribution is -2.49. The van der Waals surface area contributed by atoms with Crippen molar-refractivity contribution >= 4 is 17.8 Å². The van der Waals surface area contributed by atoms with Crippen LogP contribution in [0.25, 0.3) is 0 Å². The summed E-state index contributed by atoms with van der Waals surface area (Å²) in [5.41, 5.74) is 0. The summed E-state index contributed by atoms with van der Waals surface area (Å²) in [5.74, 6) is -1.73. The van der Waals surface area contributed by atoms with Gasteiger partial charge in [0.05, 0.1) is 6.54 Å². The van der Waals surface area contributed by atoms with Gasteiger partial charge in [-0.25, -0.2) is 4.79 Å². The van der Waals surface area contributed by atoms with Crippen molar-refractivity contribution in [2.75, 3.05) is 19.6 Å². The maximum atomic E-state index is 12.1. The maximum absolute atomic E-state index is 12.1. The van der Waals surface area contributed by atoms with E-state index in [1.807, 2.05) is 0 Å². The predicted molar refractivity (Wildman–Crippen MR) is 109 cm³/mol. The number of carbonyl (C=O) groups excluding carboxylic acids is 3. The standard InChI is InChI=1S/C20H32N4O6/c1-14-5-3-6-15(2)23(14)13-17(26)22-12-10-16(25)21-11-4-7-20(29)30-24-18(27)8-9-19(24)28/h8-9,14-15,27-28H,3-7,10-13H2,1-2H3,(H,21,25)(H,22,26). The Labute approximate surface area is 176 Å². The van der Waals surface area contributed by atoms with E-state index in [-0.39, 0.29) is 49.5 Å². The summed E-state index contributed by atoms with van der Waals surface area (Å²) >= 11 is 0. The molecule has 1 fully saturated rings. The summed E-state index contributed by atoms with van der Waals surface area (Å²) in [4.78, 5) is 42.7. The van der Waals surface area contributed by atoms with Crippen molar-refractivity contribution in [3.63, 3.8) is 0 Å². The van der Waals surface area contributed by atoms with Crippen molar-refractivity contribution in [3.05, 3.63) is 12.1 Å². The fourth-order valence-electron chi connectivity index (χ4n) is 3.52. The second-order valence-electron chi connectivity index (χ2n) is 7.66. The molecule has 1 aromatic rings. The third-order valence-electron chi connectivity index (χ3n) is 5.25. The van der Waals surface area contributed by atoms with E-state index in [1.54, 1.807) is 0 Å². The van der Waals surface area contributed by atoms with Gasteiger partial charge in [-0.05, 0) is 33.1 Å². The maximum Gasteiger partial charge on any atom is 0.333 e. The fraction of sp³-hybridized carbons (Fsp3) is 0.650. The number of nitrogens with zero attached hydrogens (tertiary/aromatic N) is 2. The Hall–Kier alpha value is -2.75. The Kier molecular flexibility index (Phi) is 8.97. The Bertz CT molecular complexity index is 705. The first-order valence-corrected chi connectivity index (χ1v) is 10.4. The van der Waals surface area contributed by atoms with Crippen molar-refractivity contribution in [2.45, 2.75) is 64.5 Å². The minimum atomic E-state index is -0.653. The van der Waals surface area contributed by atoms with Crippen molar-refractivity contribution in [2.24, 2.45) is 0 Å². The molecule has 2 rings (SSSR count). The monoisotopic (exact) mass is 424 g/mol. The van der Waals surface area contributed by atoms with E-state index in [2.05, 4.69) is 29.4 Å². The van der Waals surface area contributed by atoms with Gasteiger partial charge in [0.2, 0.25) is 23.6 Å². The molecule has 1 aliphatic heterocycles. The third-order valence-corrected chi connectivity index (χ3v) is 5.25. The van der Waals surface area contributed by atoms with Crippen molar-refractivity contribution in [3.8, 4) is 11.8 Å². The second-order valence-corrected chi connectivity index (χ2v) is 7.66. The van der Waals surface area contributed by atoms with Crippen LogP contribution in [0.4, 0.5) is 0 Å². The summed E-state index contributed by atoms with van der Waals surface area (Å²) in [6.07, 6.45) is 3.88. The molecule has 1 saturated heterocycles. The Balaban J connectivity index is 1.54. The van der Waals surface area contributed by atoms with E-state index in [9.17, 15) is 24.6 Å². The zero-order valence-electron chi connectivity index (χ0n) is 17.6. The highest BCUT2D eigenvalue weighted by atomic mass is 16.7. The minimum absolute atomic E-state index is 0.000277.